The summed E-state index contributed by atoms with van der Waals surface area (Å²) >= 11 is 6.72. The number of hydrogen-bond donors (Lipinski definition) is 1. The summed E-state index contributed by atoms with van der Waals surface area (Å²) in [5, 5.41) is 3.39. The first kappa shape index (κ1) is 14.7. The molecule has 0 saturated carbocycles. The molecular weight excluding hydrogens is 373 g/mol. The molecule has 100 valence electrons. The molecule has 0 unspecified atom stereocenters. The van der Waals surface area contributed by atoms with Gasteiger partial charge in [-0.3, -0.25) is 0 Å². The van der Waals surface area contributed by atoms with Crippen molar-refractivity contribution in [3.05, 3.63) is 68.4 Å². The summed E-state index contributed by atoms with van der Waals surface area (Å²) in [4.78, 5) is 0. The van der Waals surface area contributed by atoms with E-state index in [-0.39, 0.29) is 11.9 Å². The van der Waals surface area contributed by atoms with Gasteiger partial charge in [-0.15, -0.1) is 0 Å². The summed E-state index contributed by atoms with van der Waals surface area (Å²) in [5.41, 5.74) is 2.13. The number of halogens is 3. The summed E-state index contributed by atoms with van der Waals surface area (Å²) in [6, 6.07) is 13.3. The molecular formula is C15H14Br2FN. The Morgan fingerprint density at radius 2 is 1.74 bits per heavy atom. The highest BCUT2D eigenvalue weighted by Gasteiger charge is 2.05. The normalized spacial score (nSPS) is 12.4. The van der Waals surface area contributed by atoms with E-state index in [0.29, 0.717) is 6.54 Å². The Morgan fingerprint density at radius 3 is 2.37 bits per heavy atom. The van der Waals surface area contributed by atoms with E-state index in [2.05, 4.69) is 56.2 Å². The lowest BCUT2D eigenvalue weighted by atomic mass is 10.1. The van der Waals surface area contributed by atoms with Crippen molar-refractivity contribution >= 4 is 31.9 Å². The second kappa shape index (κ2) is 6.64. The first-order valence-corrected chi connectivity index (χ1v) is 7.57. The quantitative estimate of drug-likeness (QED) is 0.761. The van der Waals surface area contributed by atoms with E-state index in [1.807, 2.05) is 18.2 Å². The van der Waals surface area contributed by atoms with Gasteiger partial charge in [0.2, 0.25) is 0 Å². The first-order valence-electron chi connectivity index (χ1n) is 5.98. The zero-order valence-corrected chi connectivity index (χ0v) is 13.6. The molecule has 2 aromatic rings. The van der Waals surface area contributed by atoms with Crippen molar-refractivity contribution in [1.82, 2.24) is 5.32 Å². The molecule has 0 aliphatic carbocycles. The Labute approximate surface area is 129 Å². The van der Waals surface area contributed by atoms with Gasteiger partial charge in [0.15, 0.2) is 0 Å². The average molecular weight is 387 g/mol. The summed E-state index contributed by atoms with van der Waals surface area (Å²) in [7, 11) is 0. The monoisotopic (exact) mass is 385 g/mol. The molecule has 0 amide bonds. The maximum Gasteiger partial charge on any atom is 0.124 e. The highest BCUT2D eigenvalue weighted by molar-refractivity contribution is 9.10. The molecule has 2 aromatic carbocycles. The van der Waals surface area contributed by atoms with Gasteiger partial charge >= 0.3 is 0 Å². The third-order valence-electron chi connectivity index (χ3n) is 2.90. The predicted molar refractivity (Wildman–Crippen MR) is 83.5 cm³/mol. The summed E-state index contributed by atoms with van der Waals surface area (Å²) in [5.74, 6) is -0.220. The van der Waals surface area contributed by atoms with E-state index in [0.717, 1.165) is 14.5 Å². The highest BCUT2D eigenvalue weighted by Crippen LogP contribution is 2.18. The molecule has 2 rings (SSSR count). The van der Waals surface area contributed by atoms with Crippen molar-refractivity contribution in [3.63, 3.8) is 0 Å². The van der Waals surface area contributed by atoms with E-state index in [4.69, 9.17) is 0 Å². The lowest BCUT2D eigenvalue weighted by Crippen LogP contribution is -2.18. The fraction of sp³-hybridized carbons (Fsp3) is 0.200. The summed E-state index contributed by atoms with van der Waals surface area (Å²) in [6.07, 6.45) is 0. The van der Waals surface area contributed by atoms with E-state index >= 15 is 0 Å². The zero-order valence-electron chi connectivity index (χ0n) is 10.5. The maximum absolute atomic E-state index is 13.3. The molecule has 0 aromatic heterocycles. The Morgan fingerprint density at radius 1 is 1.05 bits per heavy atom. The molecule has 0 spiro atoms. The van der Waals surface area contributed by atoms with Crippen LogP contribution in [0.25, 0.3) is 0 Å². The molecule has 0 aliphatic rings. The van der Waals surface area contributed by atoms with Gasteiger partial charge in [0.1, 0.15) is 5.82 Å². The van der Waals surface area contributed by atoms with Crippen LogP contribution in [0.5, 0.6) is 0 Å². The van der Waals surface area contributed by atoms with Crippen molar-refractivity contribution < 1.29 is 4.39 Å². The summed E-state index contributed by atoms with van der Waals surface area (Å²) in [6.45, 7) is 2.73. The molecule has 0 saturated heterocycles. The van der Waals surface area contributed by atoms with Crippen LogP contribution < -0.4 is 5.32 Å². The third-order valence-corrected chi connectivity index (χ3v) is 3.89. The molecule has 0 radical (unpaired) electrons. The summed E-state index contributed by atoms with van der Waals surface area (Å²) < 4.78 is 15.1. The minimum Gasteiger partial charge on any atom is -0.306 e. The van der Waals surface area contributed by atoms with Gasteiger partial charge in [-0.25, -0.2) is 4.39 Å². The molecule has 1 atom stereocenters. The van der Waals surface area contributed by atoms with Crippen molar-refractivity contribution in [2.24, 2.45) is 0 Å². The SMILES string of the molecule is C[C@H](NCc1cc(F)cc(Br)c1)c1ccc(Br)cc1. The Kier molecular flexibility index (Phi) is 5.13. The molecule has 1 N–H and O–H groups in total. The van der Waals surface area contributed by atoms with E-state index in [1.54, 1.807) is 6.07 Å². The largest absolute Gasteiger partial charge is 0.306 e. The topological polar surface area (TPSA) is 12.0 Å². The first-order chi connectivity index (χ1) is 9.04. The molecule has 19 heavy (non-hydrogen) atoms. The van der Waals surface area contributed by atoms with Crippen LogP contribution in [0, 0.1) is 5.82 Å². The van der Waals surface area contributed by atoms with Crippen LogP contribution in [0.3, 0.4) is 0 Å². The van der Waals surface area contributed by atoms with Crippen LogP contribution in [-0.4, -0.2) is 0 Å². The molecule has 0 heterocycles. The van der Waals surface area contributed by atoms with E-state index in [1.165, 1.54) is 11.6 Å². The van der Waals surface area contributed by atoms with Crippen LogP contribution in [0.2, 0.25) is 0 Å². The van der Waals surface area contributed by atoms with E-state index in [9.17, 15) is 4.39 Å². The van der Waals surface area contributed by atoms with Gasteiger partial charge in [0.05, 0.1) is 0 Å². The van der Waals surface area contributed by atoms with Crippen LogP contribution in [0.4, 0.5) is 4.39 Å². The molecule has 0 bridgehead atoms. The lowest BCUT2D eigenvalue weighted by Gasteiger charge is -2.14. The Balaban J connectivity index is 1.99. The molecule has 0 fully saturated rings. The van der Waals surface area contributed by atoms with Gasteiger partial charge in [-0.05, 0) is 48.4 Å². The van der Waals surface area contributed by atoms with Crippen LogP contribution in [0.15, 0.2) is 51.4 Å². The van der Waals surface area contributed by atoms with Crippen LogP contribution in [0.1, 0.15) is 24.1 Å². The van der Waals surface area contributed by atoms with E-state index < -0.39 is 0 Å². The van der Waals surface area contributed by atoms with Gasteiger partial charge in [0, 0.05) is 21.5 Å². The molecule has 4 heteroatoms. The minimum absolute atomic E-state index is 0.218. The average Bonchev–Trinajstić information content (AvgIpc) is 2.36. The Bertz CT molecular complexity index is 534. The molecule has 1 nitrogen and oxygen atoms in total. The second-order valence-electron chi connectivity index (χ2n) is 4.43. The zero-order chi connectivity index (χ0) is 13.8. The van der Waals surface area contributed by atoms with Crippen molar-refractivity contribution in [2.45, 2.75) is 19.5 Å². The number of benzene rings is 2. The number of rotatable bonds is 4. The number of hydrogen-bond acceptors (Lipinski definition) is 1. The minimum atomic E-state index is -0.220. The highest BCUT2D eigenvalue weighted by atomic mass is 79.9. The van der Waals surface area contributed by atoms with Gasteiger partial charge in [-0.2, -0.15) is 0 Å². The predicted octanol–water partition coefficient (Wildman–Crippen LogP) is 5.20. The second-order valence-corrected chi connectivity index (χ2v) is 6.26. The van der Waals surface area contributed by atoms with Gasteiger partial charge in [0.25, 0.3) is 0 Å². The standard InChI is InChI=1S/C15H14Br2FN/c1-10(12-2-4-13(16)5-3-12)19-9-11-6-14(17)8-15(18)7-11/h2-8,10,19H,9H2,1H3/t10-/m0/s1. The fourth-order valence-electron chi connectivity index (χ4n) is 1.85. The van der Waals surface area contributed by atoms with Crippen molar-refractivity contribution in [1.29, 1.82) is 0 Å². The van der Waals surface area contributed by atoms with Gasteiger partial charge in [-0.1, -0.05) is 44.0 Å². The fourth-order valence-corrected chi connectivity index (χ4v) is 2.63. The molecule has 0 aliphatic heterocycles. The lowest BCUT2D eigenvalue weighted by molar-refractivity contribution is 0.569. The van der Waals surface area contributed by atoms with Crippen LogP contribution >= 0.6 is 31.9 Å². The number of nitrogens with one attached hydrogen (secondary N) is 1. The van der Waals surface area contributed by atoms with Crippen molar-refractivity contribution in [3.8, 4) is 0 Å². The Hall–Kier alpha value is -0.710. The van der Waals surface area contributed by atoms with Crippen molar-refractivity contribution in [2.75, 3.05) is 0 Å². The smallest absolute Gasteiger partial charge is 0.124 e. The van der Waals surface area contributed by atoms with Gasteiger partial charge < -0.3 is 5.32 Å². The van der Waals surface area contributed by atoms with Crippen LogP contribution in [-0.2, 0) is 6.54 Å². The maximum atomic E-state index is 13.3. The third kappa shape index (κ3) is 4.41.